The summed E-state index contributed by atoms with van der Waals surface area (Å²) in [6, 6.07) is 6.45. The molecule has 2 heterocycles. The Hall–Kier alpha value is -3.41. The minimum Gasteiger partial charge on any atom is -0.289 e. The minimum atomic E-state index is -5.06. The molecule has 0 aliphatic rings. The highest BCUT2D eigenvalue weighted by atomic mass is 32.1. The van der Waals surface area contributed by atoms with Crippen molar-refractivity contribution in [3.05, 3.63) is 69.6 Å². The van der Waals surface area contributed by atoms with Gasteiger partial charge >= 0.3 is 12.4 Å². The molecule has 12 heteroatoms. The molecule has 33 heavy (non-hydrogen) atoms. The van der Waals surface area contributed by atoms with Gasteiger partial charge in [-0.05, 0) is 37.6 Å². The molecule has 4 rings (SSSR count). The molecule has 0 bridgehead atoms. The fourth-order valence-corrected chi connectivity index (χ4v) is 4.10. The Balaban J connectivity index is 1.68. The number of rotatable bonds is 3. The lowest BCUT2D eigenvalue weighted by Gasteiger charge is -2.13. The monoisotopic (exact) mass is 484 g/mol. The van der Waals surface area contributed by atoms with Gasteiger partial charge in [0.2, 0.25) is 4.96 Å². The number of carbonyl (C=O) groups excluding carboxylic acids is 1. The number of aryl methyl sites for hydroxylation is 2. The molecule has 0 aliphatic carbocycles. The van der Waals surface area contributed by atoms with Crippen molar-refractivity contribution in [1.82, 2.24) is 14.6 Å². The number of halogens is 6. The molecule has 0 fully saturated rings. The van der Waals surface area contributed by atoms with E-state index in [4.69, 9.17) is 0 Å². The maximum absolute atomic E-state index is 13.1. The van der Waals surface area contributed by atoms with Crippen molar-refractivity contribution < 1.29 is 31.1 Å². The highest BCUT2D eigenvalue weighted by Crippen LogP contribution is 2.36. The summed E-state index contributed by atoms with van der Waals surface area (Å²) in [5, 5.41) is 8.15. The summed E-state index contributed by atoms with van der Waals surface area (Å²) in [5.74, 6) is -1.44. The lowest BCUT2D eigenvalue weighted by Crippen LogP contribution is -2.17. The van der Waals surface area contributed by atoms with Crippen LogP contribution < -0.4 is 5.32 Å². The summed E-state index contributed by atoms with van der Waals surface area (Å²) in [4.78, 5) is 17.0. The number of aromatic nitrogens is 3. The molecule has 2 aromatic carbocycles. The number of carbonyl (C=O) groups is 1. The van der Waals surface area contributed by atoms with Crippen LogP contribution in [0.2, 0.25) is 0 Å². The van der Waals surface area contributed by atoms with Gasteiger partial charge in [0, 0.05) is 16.5 Å². The van der Waals surface area contributed by atoms with E-state index < -0.39 is 35.0 Å². The standard InChI is InChI=1S/C21H14F6N4OS/c1-10-3-4-15(11(2)5-10)16-9-33-19-29-18(30-31(16)19)28-17(32)12-6-13(20(22,23)24)8-14(7-12)21(25,26)27/h3-9H,1-2H3,(H,28,30,32). The lowest BCUT2D eigenvalue weighted by molar-refractivity contribution is -0.143. The van der Waals surface area contributed by atoms with Gasteiger partial charge in [0.05, 0.1) is 16.8 Å². The molecule has 4 aromatic rings. The van der Waals surface area contributed by atoms with Crippen LogP contribution in [0.5, 0.6) is 0 Å². The molecular formula is C21H14F6N4OS. The Bertz CT molecular complexity index is 1340. The zero-order valence-corrected chi connectivity index (χ0v) is 17.8. The first kappa shape index (κ1) is 22.8. The summed E-state index contributed by atoms with van der Waals surface area (Å²) in [5.41, 5.74) is -0.407. The number of anilines is 1. The maximum Gasteiger partial charge on any atom is 0.416 e. The molecule has 0 saturated heterocycles. The van der Waals surface area contributed by atoms with E-state index in [1.165, 1.54) is 15.9 Å². The normalized spacial score (nSPS) is 12.4. The minimum absolute atomic E-state index is 0.0438. The van der Waals surface area contributed by atoms with Crippen molar-refractivity contribution in [1.29, 1.82) is 0 Å². The topological polar surface area (TPSA) is 59.3 Å². The van der Waals surface area contributed by atoms with Crippen LogP contribution in [0.25, 0.3) is 16.2 Å². The van der Waals surface area contributed by atoms with Gasteiger partial charge in [0.1, 0.15) is 0 Å². The molecule has 0 saturated carbocycles. The Morgan fingerprint density at radius 3 is 2.18 bits per heavy atom. The van der Waals surface area contributed by atoms with Gasteiger partial charge in [0.25, 0.3) is 11.9 Å². The average molecular weight is 484 g/mol. The first-order valence-electron chi connectivity index (χ1n) is 9.35. The Labute approximate surface area is 186 Å². The number of hydrogen-bond donors (Lipinski definition) is 1. The van der Waals surface area contributed by atoms with Crippen molar-refractivity contribution in [3.63, 3.8) is 0 Å². The Morgan fingerprint density at radius 2 is 1.61 bits per heavy atom. The summed E-state index contributed by atoms with van der Waals surface area (Å²) >= 11 is 1.22. The molecular weight excluding hydrogens is 470 g/mol. The van der Waals surface area contributed by atoms with Crippen LogP contribution in [0.1, 0.15) is 32.6 Å². The first-order chi connectivity index (χ1) is 15.3. The molecule has 0 aliphatic heterocycles. The molecule has 1 amide bonds. The quantitative estimate of drug-likeness (QED) is 0.344. The van der Waals surface area contributed by atoms with E-state index in [-0.39, 0.29) is 12.0 Å². The number of nitrogens with zero attached hydrogens (tertiary/aromatic N) is 3. The van der Waals surface area contributed by atoms with Crippen molar-refractivity contribution in [2.24, 2.45) is 0 Å². The van der Waals surface area contributed by atoms with Crippen LogP contribution in [-0.4, -0.2) is 20.5 Å². The number of thiazole rings is 1. The van der Waals surface area contributed by atoms with E-state index >= 15 is 0 Å². The predicted molar refractivity (Wildman–Crippen MR) is 110 cm³/mol. The van der Waals surface area contributed by atoms with E-state index in [0.717, 1.165) is 16.7 Å². The highest BCUT2D eigenvalue weighted by molar-refractivity contribution is 7.15. The molecule has 172 valence electrons. The van der Waals surface area contributed by atoms with E-state index in [0.29, 0.717) is 22.8 Å². The zero-order valence-electron chi connectivity index (χ0n) is 17.0. The van der Waals surface area contributed by atoms with Gasteiger partial charge < -0.3 is 0 Å². The third kappa shape index (κ3) is 4.56. The van der Waals surface area contributed by atoms with Crippen molar-refractivity contribution in [2.75, 3.05) is 5.32 Å². The largest absolute Gasteiger partial charge is 0.416 e. The Morgan fingerprint density at radius 1 is 0.970 bits per heavy atom. The molecule has 5 nitrogen and oxygen atoms in total. The molecule has 0 spiro atoms. The van der Waals surface area contributed by atoms with Gasteiger partial charge in [0.15, 0.2) is 0 Å². The molecule has 2 aromatic heterocycles. The second-order valence-corrected chi connectivity index (χ2v) is 8.15. The second kappa shape index (κ2) is 7.87. The van der Waals surface area contributed by atoms with E-state index in [9.17, 15) is 31.1 Å². The third-order valence-corrected chi connectivity index (χ3v) is 5.63. The molecule has 0 atom stereocenters. The third-order valence-electron chi connectivity index (χ3n) is 4.81. The van der Waals surface area contributed by atoms with Gasteiger partial charge in [-0.1, -0.05) is 23.8 Å². The van der Waals surface area contributed by atoms with Gasteiger partial charge in [-0.3, -0.25) is 10.1 Å². The average Bonchev–Trinajstić information content (AvgIpc) is 3.27. The highest BCUT2D eigenvalue weighted by Gasteiger charge is 2.37. The SMILES string of the molecule is Cc1ccc(-c2csc3nc(NC(=O)c4cc(C(F)(F)F)cc(C(F)(F)F)c4)nn23)c(C)c1. The van der Waals surface area contributed by atoms with Crippen molar-refractivity contribution >= 4 is 28.2 Å². The van der Waals surface area contributed by atoms with Gasteiger partial charge in [-0.25, -0.2) is 4.52 Å². The van der Waals surface area contributed by atoms with E-state index in [1.807, 2.05) is 32.0 Å². The predicted octanol–water partition coefficient (Wildman–Crippen LogP) is 6.36. The zero-order chi connectivity index (χ0) is 24.1. The van der Waals surface area contributed by atoms with Crippen molar-refractivity contribution in [3.8, 4) is 11.3 Å². The van der Waals surface area contributed by atoms with Crippen LogP contribution in [0, 0.1) is 13.8 Å². The van der Waals surface area contributed by atoms with Crippen molar-refractivity contribution in [2.45, 2.75) is 26.2 Å². The maximum atomic E-state index is 13.1. The lowest BCUT2D eigenvalue weighted by atomic mass is 10.0. The number of benzene rings is 2. The smallest absolute Gasteiger partial charge is 0.289 e. The molecule has 0 radical (unpaired) electrons. The summed E-state index contributed by atoms with van der Waals surface area (Å²) in [7, 11) is 0. The molecule has 1 N–H and O–H groups in total. The number of fused-ring (bicyclic) bond motifs is 1. The van der Waals surface area contributed by atoms with E-state index in [1.54, 1.807) is 5.38 Å². The fourth-order valence-electron chi connectivity index (χ4n) is 3.28. The first-order valence-corrected chi connectivity index (χ1v) is 10.2. The summed E-state index contributed by atoms with van der Waals surface area (Å²) in [6.45, 7) is 3.86. The van der Waals surface area contributed by atoms with Crippen LogP contribution in [0.3, 0.4) is 0 Å². The number of nitrogens with one attached hydrogen (secondary N) is 1. The van der Waals surface area contributed by atoms with Crippen LogP contribution in [0.15, 0.2) is 41.8 Å². The second-order valence-electron chi connectivity index (χ2n) is 7.32. The summed E-state index contributed by atoms with van der Waals surface area (Å²) in [6.07, 6.45) is -10.1. The number of amides is 1. The number of alkyl halides is 6. The van der Waals surface area contributed by atoms with E-state index in [2.05, 4.69) is 15.4 Å². The van der Waals surface area contributed by atoms with Gasteiger partial charge in [-0.2, -0.15) is 31.3 Å². The summed E-state index contributed by atoms with van der Waals surface area (Å²) < 4.78 is 79.8. The Kier molecular flexibility index (Phi) is 5.43. The van der Waals surface area contributed by atoms with Crippen LogP contribution in [-0.2, 0) is 12.4 Å². The van der Waals surface area contributed by atoms with Crippen LogP contribution >= 0.6 is 11.3 Å². The van der Waals surface area contributed by atoms with Crippen LogP contribution in [0.4, 0.5) is 32.3 Å². The molecule has 0 unspecified atom stereocenters. The fraction of sp³-hybridized carbons (Fsp3) is 0.190. The number of hydrogen-bond acceptors (Lipinski definition) is 4. The van der Waals surface area contributed by atoms with Gasteiger partial charge in [-0.15, -0.1) is 16.4 Å².